The number of piperidine rings is 1. The van der Waals surface area contributed by atoms with Crippen molar-refractivity contribution in [3.05, 3.63) is 35.3 Å². The predicted molar refractivity (Wildman–Crippen MR) is 64.7 cm³/mol. The number of halogens is 2. The Labute approximate surface area is 102 Å². The van der Waals surface area contributed by atoms with Gasteiger partial charge in [0.25, 0.3) is 0 Å². The van der Waals surface area contributed by atoms with Gasteiger partial charge in [-0.2, -0.15) is 4.73 Å². The van der Waals surface area contributed by atoms with Gasteiger partial charge in [-0.3, -0.25) is 0 Å². The van der Waals surface area contributed by atoms with Crippen molar-refractivity contribution in [1.82, 2.24) is 5.32 Å². The Balaban J connectivity index is 0.000000980. The Morgan fingerprint density at radius 3 is 2.20 bits per heavy atom. The average Bonchev–Trinajstić information content (AvgIpc) is 2.20. The van der Waals surface area contributed by atoms with Crippen LogP contribution in [0.25, 0.3) is 0 Å². The minimum absolute atomic E-state index is 0. The number of hydrogen-bond donors (Lipinski definition) is 1. The molecule has 1 saturated heterocycles. The first-order valence-corrected chi connectivity index (χ1v) is 4.76. The van der Waals surface area contributed by atoms with E-state index in [9.17, 15) is 5.21 Å². The van der Waals surface area contributed by atoms with Crippen LogP contribution in [0.15, 0.2) is 24.5 Å². The van der Waals surface area contributed by atoms with E-state index >= 15 is 0 Å². The van der Waals surface area contributed by atoms with Gasteiger partial charge in [0.1, 0.15) is 0 Å². The van der Waals surface area contributed by atoms with Gasteiger partial charge in [-0.1, -0.05) is 0 Å². The fourth-order valence-corrected chi connectivity index (χ4v) is 1.85. The molecular weight excluding hydrogens is 235 g/mol. The zero-order chi connectivity index (χ0) is 9.10. The SMILES string of the molecule is Cl.Cl.[O-][n+]1ccc(C2CCNCC2)cc1. The van der Waals surface area contributed by atoms with Crippen LogP contribution in [0.1, 0.15) is 24.3 Å². The molecule has 86 valence electrons. The number of nitrogens with one attached hydrogen (secondary N) is 1. The van der Waals surface area contributed by atoms with Gasteiger partial charge in [0.05, 0.1) is 0 Å². The number of pyridine rings is 1. The first-order chi connectivity index (χ1) is 6.36. The standard InChI is InChI=1S/C10H14N2O.2ClH/c13-12-7-3-10(4-8-12)9-1-5-11-6-2-9;;/h3-4,7-9,11H,1-2,5-6H2;2*1H. The van der Waals surface area contributed by atoms with Crippen LogP contribution in [-0.2, 0) is 0 Å². The summed E-state index contributed by atoms with van der Waals surface area (Å²) in [5.74, 6) is 0.641. The molecule has 0 radical (unpaired) electrons. The summed E-state index contributed by atoms with van der Waals surface area (Å²) in [7, 11) is 0. The molecule has 1 aromatic rings. The van der Waals surface area contributed by atoms with Gasteiger partial charge in [-0.15, -0.1) is 24.8 Å². The maximum absolute atomic E-state index is 10.8. The Morgan fingerprint density at radius 1 is 1.13 bits per heavy atom. The third-order valence-electron chi connectivity index (χ3n) is 2.64. The summed E-state index contributed by atoms with van der Waals surface area (Å²) in [6.45, 7) is 2.19. The average molecular weight is 251 g/mol. The molecule has 0 amide bonds. The van der Waals surface area contributed by atoms with Crippen LogP contribution in [0.2, 0.25) is 0 Å². The van der Waals surface area contributed by atoms with Crippen LogP contribution in [0.4, 0.5) is 0 Å². The molecule has 1 aliphatic rings. The highest BCUT2D eigenvalue weighted by Crippen LogP contribution is 2.23. The minimum Gasteiger partial charge on any atom is -0.619 e. The molecule has 2 rings (SSSR count). The number of nitrogens with zero attached hydrogens (tertiary/aromatic N) is 1. The van der Waals surface area contributed by atoms with Crippen LogP contribution in [-0.4, -0.2) is 13.1 Å². The van der Waals surface area contributed by atoms with Crippen LogP contribution < -0.4 is 10.0 Å². The number of aromatic nitrogens is 1. The van der Waals surface area contributed by atoms with Crippen molar-refractivity contribution >= 4 is 24.8 Å². The van der Waals surface area contributed by atoms with Gasteiger partial charge in [0, 0.05) is 12.1 Å². The molecule has 0 unspecified atom stereocenters. The quantitative estimate of drug-likeness (QED) is 0.608. The third-order valence-corrected chi connectivity index (χ3v) is 2.64. The molecular formula is C10H16Cl2N2O. The molecule has 0 spiro atoms. The molecule has 0 aliphatic carbocycles. The first-order valence-electron chi connectivity index (χ1n) is 4.76. The maximum atomic E-state index is 10.8. The molecule has 15 heavy (non-hydrogen) atoms. The predicted octanol–water partition coefficient (Wildman–Crippen LogP) is 1.63. The summed E-state index contributed by atoms with van der Waals surface area (Å²) in [6, 6.07) is 3.87. The Kier molecular flexibility index (Phi) is 6.65. The molecule has 2 heterocycles. The van der Waals surface area contributed by atoms with Crippen molar-refractivity contribution < 1.29 is 4.73 Å². The Hall–Kier alpha value is -0.510. The van der Waals surface area contributed by atoms with Crippen LogP contribution in [0.3, 0.4) is 0 Å². The Bertz CT molecular complexity index is 273. The summed E-state index contributed by atoms with van der Waals surface area (Å²) in [5.41, 5.74) is 1.30. The topological polar surface area (TPSA) is 39.0 Å². The second kappa shape index (κ2) is 6.88. The van der Waals surface area contributed by atoms with Gasteiger partial charge >= 0.3 is 0 Å². The van der Waals surface area contributed by atoms with Gasteiger partial charge in [-0.25, -0.2) is 0 Å². The fourth-order valence-electron chi connectivity index (χ4n) is 1.85. The molecule has 1 N–H and O–H groups in total. The molecule has 1 fully saturated rings. The molecule has 0 saturated carbocycles. The normalized spacial score (nSPS) is 16.3. The first kappa shape index (κ1) is 14.5. The minimum atomic E-state index is 0. The highest BCUT2D eigenvalue weighted by Gasteiger charge is 2.15. The largest absolute Gasteiger partial charge is 0.619 e. The van der Waals surface area contributed by atoms with Gasteiger partial charge in [0.15, 0.2) is 12.4 Å². The third kappa shape index (κ3) is 3.86. The second-order valence-electron chi connectivity index (χ2n) is 3.52. The monoisotopic (exact) mass is 250 g/mol. The lowest BCUT2D eigenvalue weighted by molar-refractivity contribution is -0.605. The van der Waals surface area contributed by atoms with Crippen molar-refractivity contribution in [2.75, 3.05) is 13.1 Å². The van der Waals surface area contributed by atoms with Gasteiger partial charge < -0.3 is 10.5 Å². The van der Waals surface area contributed by atoms with E-state index in [0.29, 0.717) is 5.92 Å². The van der Waals surface area contributed by atoms with Crippen molar-refractivity contribution in [3.8, 4) is 0 Å². The van der Waals surface area contributed by atoms with Crippen molar-refractivity contribution in [2.45, 2.75) is 18.8 Å². The van der Waals surface area contributed by atoms with Crippen molar-refractivity contribution in [2.24, 2.45) is 0 Å². The molecule has 1 aliphatic heterocycles. The van der Waals surface area contributed by atoms with E-state index in [2.05, 4.69) is 5.32 Å². The summed E-state index contributed by atoms with van der Waals surface area (Å²) in [6.07, 6.45) is 5.53. The van der Waals surface area contributed by atoms with Crippen LogP contribution in [0.5, 0.6) is 0 Å². The lowest BCUT2D eigenvalue weighted by Gasteiger charge is -2.22. The van der Waals surface area contributed by atoms with Crippen molar-refractivity contribution in [3.63, 3.8) is 0 Å². The Morgan fingerprint density at radius 2 is 1.67 bits per heavy atom. The van der Waals surface area contributed by atoms with E-state index in [1.807, 2.05) is 12.1 Å². The zero-order valence-electron chi connectivity index (χ0n) is 8.39. The van der Waals surface area contributed by atoms with Crippen molar-refractivity contribution in [1.29, 1.82) is 0 Å². The zero-order valence-corrected chi connectivity index (χ0v) is 10.0. The van der Waals surface area contributed by atoms with Crippen LogP contribution >= 0.6 is 24.8 Å². The number of rotatable bonds is 1. The second-order valence-corrected chi connectivity index (χ2v) is 3.52. The molecule has 5 heteroatoms. The smallest absolute Gasteiger partial charge is 0.180 e. The molecule has 0 atom stereocenters. The molecule has 3 nitrogen and oxygen atoms in total. The van der Waals surface area contributed by atoms with Crippen LogP contribution in [0, 0.1) is 5.21 Å². The van der Waals surface area contributed by atoms with E-state index in [-0.39, 0.29) is 24.8 Å². The van der Waals surface area contributed by atoms with Gasteiger partial charge in [0.2, 0.25) is 0 Å². The molecule has 1 aromatic heterocycles. The fraction of sp³-hybridized carbons (Fsp3) is 0.500. The summed E-state index contributed by atoms with van der Waals surface area (Å²) in [5, 5.41) is 14.1. The summed E-state index contributed by atoms with van der Waals surface area (Å²) < 4.78 is 0.838. The molecule has 0 aromatic carbocycles. The lowest BCUT2D eigenvalue weighted by atomic mass is 9.91. The summed E-state index contributed by atoms with van der Waals surface area (Å²) >= 11 is 0. The van der Waals surface area contributed by atoms with Gasteiger partial charge in [-0.05, 0) is 37.4 Å². The van der Waals surface area contributed by atoms with E-state index in [0.717, 1.165) is 17.8 Å². The highest BCUT2D eigenvalue weighted by molar-refractivity contribution is 5.85. The van der Waals surface area contributed by atoms with E-state index in [1.165, 1.54) is 18.4 Å². The number of hydrogen-bond acceptors (Lipinski definition) is 2. The summed E-state index contributed by atoms with van der Waals surface area (Å²) in [4.78, 5) is 0. The van der Waals surface area contributed by atoms with E-state index in [1.54, 1.807) is 12.4 Å². The highest BCUT2D eigenvalue weighted by atomic mass is 35.5. The lowest BCUT2D eigenvalue weighted by Crippen LogP contribution is -2.28. The van der Waals surface area contributed by atoms with E-state index in [4.69, 9.17) is 0 Å². The van der Waals surface area contributed by atoms with E-state index < -0.39 is 0 Å². The maximum Gasteiger partial charge on any atom is 0.180 e. The molecule has 0 bridgehead atoms.